The summed E-state index contributed by atoms with van der Waals surface area (Å²) < 4.78 is 30.3. The molecule has 7 nitrogen and oxygen atoms in total. The van der Waals surface area contributed by atoms with Crippen molar-refractivity contribution in [3.63, 3.8) is 0 Å². The SMILES string of the molecule is BC1CN(C(C)C)CC(COCP(=O)(N(C)C)N2CCN(C/C=C(\C)CC/C=C(\C)CCC=C(C)C)CC2)O1. The molecule has 9 heteroatoms. The molecule has 39 heavy (non-hydrogen) atoms. The van der Waals surface area contributed by atoms with Crippen LogP contribution in [0.5, 0.6) is 0 Å². The number of nitrogens with zero attached hydrogens (tertiary/aromatic N) is 4. The predicted octanol–water partition coefficient (Wildman–Crippen LogP) is 4.82. The van der Waals surface area contributed by atoms with Crippen LogP contribution in [0.2, 0.25) is 0 Å². The summed E-state index contributed by atoms with van der Waals surface area (Å²) in [6.45, 7) is 20.0. The van der Waals surface area contributed by atoms with Crippen molar-refractivity contribution in [1.29, 1.82) is 0 Å². The molecule has 0 amide bonds. The molecular formula is C30H58BN4O3P. The average molecular weight is 565 g/mol. The summed E-state index contributed by atoms with van der Waals surface area (Å²) in [5.41, 5.74) is 4.34. The molecule has 0 aliphatic carbocycles. The van der Waals surface area contributed by atoms with Gasteiger partial charge < -0.3 is 9.47 Å². The van der Waals surface area contributed by atoms with E-state index in [4.69, 9.17) is 9.47 Å². The van der Waals surface area contributed by atoms with E-state index >= 15 is 0 Å². The Morgan fingerprint density at radius 2 is 1.62 bits per heavy atom. The Balaban J connectivity index is 1.76. The zero-order valence-electron chi connectivity index (χ0n) is 26.6. The number of rotatable bonds is 15. The normalized spacial score (nSPS) is 24.4. The van der Waals surface area contributed by atoms with Crippen molar-refractivity contribution in [3.05, 3.63) is 34.9 Å². The fraction of sp³-hybridized carbons (Fsp3) is 0.800. The zero-order chi connectivity index (χ0) is 29.0. The van der Waals surface area contributed by atoms with Gasteiger partial charge in [0.2, 0.25) is 7.44 Å². The van der Waals surface area contributed by atoms with E-state index in [0.717, 1.165) is 71.5 Å². The van der Waals surface area contributed by atoms with E-state index in [-0.39, 0.29) is 18.5 Å². The first kappa shape index (κ1) is 34.5. The van der Waals surface area contributed by atoms with Crippen LogP contribution in [0.4, 0.5) is 0 Å². The minimum absolute atomic E-state index is 0.0283. The van der Waals surface area contributed by atoms with Crippen LogP contribution in [-0.4, -0.2) is 118 Å². The van der Waals surface area contributed by atoms with Gasteiger partial charge in [0.15, 0.2) is 0 Å². The van der Waals surface area contributed by atoms with E-state index in [0.29, 0.717) is 12.6 Å². The number of morpholine rings is 1. The summed E-state index contributed by atoms with van der Waals surface area (Å²) >= 11 is 0. The largest absolute Gasteiger partial charge is 0.379 e. The first-order valence-electron chi connectivity index (χ1n) is 15.1. The Labute approximate surface area is 241 Å². The zero-order valence-corrected chi connectivity index (χ0v) is 27.5. The van der Waals surface area contributed by atoms with Crippen molar-refractivity contribution >= 4 is 15.3 Å². The lowest BCUT2D eigenvalue weighted by molar-refractivity contribution is -0.0878. The smallest absolute Gasteiger partial charge is 0.241 e. The fourth-order valence-corrected chi connectivity index (χ4v) is 7.25. The van der Waals surface area contributed by atoms with Crippen LogP contribution in [-0.2, 0) is 14.0 Å². The van der Waals surface area contributed by atoms with Gasteiger partial charge in [-0.1, -0.05) is 34.9 Å². The Morgan fingerprint density at radius 1 is 1.00 bits per heavy atom. The Kier molecular flexibility index (Phi) is 15.3. The standard InChI is InChI=1S/C30H58BN4O3P/c1-25(2)11-9-12-27(5)13-10-14-28(6)15-16-33-17-19-35(20-18-33)39(36,32(7)8)24-37-23-29-21-34(26(3)4)22-30(31)38-29/h11,13,15,26,29-30H,9-10,12,14,16-24,31H2,1-8H3/b27-13+,28-15+. The minimum atomic E-state index is -2.76. The lowest BCUT2D eigenvalue weighted by Gasteiger charge is -2.42. The van der Waals surface area contributed by atoms with Gasteiger partial charge in [0.1, 0.15) is 14.2 Å². The number of ether oxygens (including phenoxy) is 2. The number of hydrogen-bond donors (Lipinski definition) is 0. The maximum atomic E-state index is 14.0. The molecule has 0 N–H and O–H groups in total. The number of allylic oxidation sites excluding steroid dienone is 5. The lowest BCUT2D eigenvalue weighted by Crippen LogP contribution is -2.52. The Morgan fingerprint density at radius 3 is 2.21 bits per heavy atom. The molecule has 0 bridgehead atoms. The maximum Gasteiger partial charge on any atom is 0.241 e. The quantitative estimate of drug-likeness (QED) is 0.161. The molecule has 0 aromatic rings. The van der Waals surface area contributed by atoms with Crippen molar-refractivity contribution in [2.75, 3.05) is 72.9 Å². The van der Waals surface area contributed by atoms with Gasteiger partial charge in [-0.05, 0) is 81.3 Å². The molecule has 0 spiro atoms. The highest BCUT2D eigenvalue weighted by atomic mass is 31.2. The molecule has 2 aliphatic rings. The molecule has 224 valence electrons. The summed E-state index contributed by atoms with van der Waals surface area (Å²) in [6.07, 6.45) is 11.9. The van der Waals surface area contributed by atoms with E-state index in [2.05, 4.69) is 82.1 Å². The highest BCUT2D eigenvalue weighted by Crippen LogP contribution is 2.51. The highest BCUT2D eigenvalue weighted by molar-refractivity contribution is 7.58. The van der Waals surface area contributed by atoms with Crippen molar-refractivity contribution in [3.8, 4) is 0 Å². The number of hydrogen-bond acceptors (Lipinski definition) is 5. The summed E-state index contributed by atoms with van der Waals surface area (Å²) in [5, 5.41) is 0. The van der Waals surface area contributed by atoms with Crippen molar-refractivity contribution in [2.24, 2.45) is 0 Å². The molecule has 2 fully saturated rings. The Hall–Kier alpha value is -0.725. The van der Waals surface area contributed by atoms with E-state index in [1.54, 1.807) is 0 Å². The molecule has 3 unspecified atom stereocenters. The van der Waals surface area contributed by atoms with Gasteiger partial charge in [0.05, 0.1) is 12.7 Å². The summed E-state index contributed by atoms with van der Waals surface area (Å²) in [4.78, 5) is 4.91. The lowest BCUT2D eigenvalue weighted by atomic mass is 9.96. The molecule has 0 saturated carbocycles. The van der Waals surface area contributed by atoms with E-state index < -0.39 is 7.44 Å². The highest BCUT2D eigenvalue weighted by Gasteiger charge is 2.36. The number of piperazine rings is 1. The van der Waals surface area contributed by atoms with Crippen molar-refractivity contribution in [2.45, 2.75) is 85.4 Å². The first-order valence-corrected chi connectivity index (χ1v) is 16.9. The summed E-state index contributed by atoms with van der Waals surface area (Å²) in [7, 11) is 3.19. The monoisotopic (exact) mass is 564 g/mol. The van der Waals surface area contributed by atoms with Gasteiger partial charge in [-0.15, -0.1) is 0 Å². The van der Waals surface area contributed by atoms with Gasteiger partial charge >= 0.3 is 0 Å². The van der Waals surface area contributed by atoms with Crippen molar-refractivity contribution in [1.82, 2.24) is 19.1 Å². The summed E-state index contributed by atoms with van der Waals surface area (Å²) in [5.74, 6) is 0. The van der Waals surface area contributed by atoms with Crippen molar-refractivity contribution < 1.29 is 14.0 Å². The molecule has 2 rings (SSSR count). The molecule has 2 saturated heterocycles. The molecule has 0 aromatic carbocycles. The second-order valence-corrected chi connectivity index (χ2v) is 15.3. The van der Waals surface area contributed by atoms with Gasteiger partial charge in [-0.2, -0.15) is 0 Å². The second-order valence-electron chi connectivity index (χ2n) is 12.3. The molecule has 2 aliphatic heterocycles. The predicted molar refractivity (Wildman–Crippen MR) is 169 cm³/mol. The van der Waals surface area contributed by atoms with Crippen LogP contribution >= 0.6 is 7.44 Å². The van der Waals surface area contributed by atoms with E-state index in [1.807, 2.05) is 18.8 Å². The van der Waals surface area contributed by atoms with E-state index in [1.165, 1.54) is 16.7 Å². The third-order valence-electron chi connectivity index (χ3n) is 7.88. The molecule has 3 atom stereocenters. The average Bonchev–Trinajstić information content (AvgIpc) is 2.87. The summed E-state index contributed by atoms with van der Waals surface area (Å²) in [6, 6.07) is 0.685. The van der Waals surface area contributed by atoms with Crippen LogP contribution < -0.4 is 0 Å². The minimum Gasteiger partial charge on any atom is -0.379 e. The van der Waals surface area contributed by atoms with E-state index in [9.17, 15) is 4.57 Å². The molecule has 0 radical (unpaired) electrons. The molecular weight excluding hydrogens is 506 g/mol. The van der Waals surface area contributed by atoms with Crippen LogP contribution in [0.25, 0.3) is 0 Å². The van der Waals surface area contributed by atoms with Crippen LogP contribution in [0.15, 0.2) is 34.9 Å². The second kappa shape index (κ2) is 17.3. The topological polar surface area (TPSA) is 48.5 Å². The van der Waals surface area contributed by atoms with Gasteiger partial charge in [0, 0.05) is 57.9 Å². The molecule has 0 aromatic heterocycles. The Bertz CT molecular complexity index is 864. The third kappa shape index (κ3) is 12.4. The third-order valence-corrected chi connectivity index (χ3v) is 10.9. The van der Waals surface area contributed by atoms with Crippen LogP contribution in [0.1, 0.15) is 67.2 Å². The van der Waals surface area contributed by atoms with Crippen LogP contribution in [0, 0.1) is 0 Å². The first-order chi connectivity index (χ1) is 18.4. The molecule has 2 heterocycles. The van der Waals surface area contributed by atoms with Gasteiger partial charge in [-0.25, -0.2) is 9.34 Å². The van der Waals surface area contributed by atoms with Crippen LogP contribution in [0.3, 0.4) is 0 Å². The fourth-order valence-electron chi connectivity index (χ4n) is 5.20. The maximum absolute atomic E-state index is 14.0. The van der Waals surface area contributed by atoms with Gasteiger partial charge in [0.25, 0.3) is 0 Å². The van der Waals surface area contributed by atoms with Gasteiger partial charge in [-0.3, -0.25) is 14.4 Å².